The van der Waals surface area contributed by atoms with Crippen molar-refractivity contribution in [2.45, 2.75) is 25.9 Å². The Kier molecular flexibility index (Phi) is 7.32. The molecule has 0 aliphatic heterocycles. The second-order valence-corrected chi connectivity index (χ2v) is 8.80. The molecule has 0 bridgehead atoms. The van der Waals surface area contributed by atoms with Crippen LogP contribution in [0.4, 0.5) is 5.69 Å². The SMILES string of the molecule is CC[C@@H](C(=O)N(C)Cc1ccc(OC)cc1)N(c1cccc(Cl)c1)S(C)(=O)=O. The van der Waals surface area contributed by atoms with Gasteiger partial charge in [0, 0.05) is 18.6 Å². The van der Waals surface area contributed by atoms with Crippen LogP contribution in [0.2, 0.25) is 5.02 Å². The average Bonchev–Trinajstić information content (AvgIpc) is 2.65. The van der Waals surface area contributed by atoms with E-state index in [1.807, 2.05) is 24.3 Å². The first kappa shape index (κ1) is 22.0. The van der Waals surface area contributed by atoms with Crippen LogP contribution >= 0.6 is 11.6 Å². The fourth-order valence-corrected chi connectivity index (χ4v) is 4.38. The summed E-state index contributed by atoms with van der Waals surface area (Å²) in [4.78, 5) is 14.6. The third-order valence-electron chi connectivity index (χ3n) is 4.33. The van der Waals surface area contributed by atoms with Crippen molar-refractivity contribution in [3.63, 3.8) is 0 Å². The average molecular weight is 425 g/mol. The first-order valence-electron chi connectivity index (χ1n) is 8.80. The predicted octanol–water partition coefficient (Wildman–Crippen LogP) is 3.55. The first-order chi connectivity index (χ1) is 13.2. The highest BCUT2D eigenvalue weighted by atomic mass is 35.5. The Balaban J connectivity index is 2.29. The highest BCUT2D eigenvalue weighted by Gasteiger charge is 2.33. The van der Waals surface area contributed by atoms with Crippen molar-refractivity contribution in [2.24, 2.45) is 0 Å². The number of sulfonamides is 1. The van der Waals surface area contributed by atoms with Crippen LogP contribution < -0.4 is 9.04 Å². The molecule has 0 spiro atoms. The number of methoxy groups -OCH3 is 1. The van der Waals surface area contributed by atoms with Crippen LogP contribution in [0, 0.1) is 0 Å². The Morgan fingerprint density at radius 3 is 2.32 bits per heavy atom. The molecule has 1 atom stereocenters. The number of benzene rings is 2. The summed E-state index contributed by atoms with van der Waals surface area (Å²) >= 11 is 6.03. The zero-order valence-corrected chi connectivity index (χ0v) is 18.0. The number of likely N-dealkylation sites (N-methyl/N-ethyl adjacent to an activating group) is 1. The van der Waals surface area contributed by atoms with Crippen LogP contribution in [0.25, 0.3) is 0 Å². The molecule has 8 heteroatoms. The van der Waals surface area contributed by atoms with Crippen molar-refractivity contribution in [1.82, 2.24) is 4.90 Å². The Morgan fingerprint density at radius 2 is 1.82 bits per heavy atom. The summed E-state index contributed by atoms with van der Waals surface area (Å²) < 4.78 is 31.3. The van der Waals surface area contributed by atoms with Gasteiger partial charge in [-0.05, 0) is 42.3 Å². The van der Waals surface area contributed by atoms with Crippen LogP contribution in [-0.2, 0) is 21.4 Å². The number of carbonyl (C=O) groups is 1. The van der Waals surface area contributed by atoms with Crippen molar-refractivity contribution < 1.29 is 17.9 Å². The van der Waals surface area contributed by atoms with Gasteiger partial charge in [-0.2, -0.15) is 0 Å². The molecule has 152 valence electrons. The van der Waals surface area contributed by atoms with Gasteiger partial charge in [0.15, 0.2) is 0 Å². The van der Waals surface area contributed by atoms with E-state index in [1.54, 1.807) is 45.3 Å². The lowest BCUT2D eigenvalue weighted by molar-refractivity contribution is -0.131. The van der Waals surface area contributed by atoms with Crippen LogP contribution in [0.15, 0.2) is 48.5 Å². The Hall–Kier alpha value is -2.25. The Labute approximate surface area is 171 Å². The minimum absolute atomic E-state index is 0.288. The van der Waals surface area contributed by atoms with Gasteiger partial charge in [-0.25, -0.2) is 8.42 Å². The molecule has 0 saturated heterocycles. The maximum atomic E-state index is 13.1. The van der Waals surface area contributed by atoms with E-state index in [4.69, 9.17) is 16.3 Å². The zero-order chi connectivity index (χ0) is 20.9. The van der Waals surface area contributed by atoms with E-state index in [9.17, 15) is 13.2 Å². The van der Waals surface area contributed by atoms with E-state index in [-0.39, 0.29) is 5.91 Å². The number of rotatable bonds is 8. The first-order valence-corrected chi connectivity index (χ1v) is 11.0. The summed E-state index contributed by atoms with van der Waals surface area (Å²) in [7, 11) is -0.446. The molecule has 0 aliphatic carbocycles. The Bertz CT molecular complexity index is 916. The van der Waals surface area contributed by atoms with Crippen molar-refractivity contribution >= 4 is 33.2 Å². The fourth-order valence-electron chi connectivity index (χ4n) is 2.99. The van der Waals surface area contributed by atoms with Gasteiger partial charge in [0.2, 0.25) is 15.9 Å². The van der Waals surface area contributed by atoms with E-state index >= 15 is 0 Å². The number of halogens is 1. The van der Waals surface area contributed by atoms with E-state index < -0.39 is 16.1 Å². The van der Waals surface area contributed by atoms with Crippen LogP contribution in [0.5, 0.6) is 5.75 Å². The maximum Gasteiger partial charge on any atom is 0.246 e. The highest BCUT2D eigenvalue weighted by molar-refractivity contribution is 7.92. The quantitative estimate of drug-likeness (QED) is 0.649. The topological polar surface area (TPSA) is 66.9 Å². The molecular weight excluding hydrogens is 400 g/mol. The molecule has 1 amide bonds. The molecule has 0 radical (unpaired) electrons. The smallest absolute Gasteiger partial charge is 0.246 e. The number of hydrogen-bond acceptors (Lipinski definition) is 4. The normalized spacial score (nSPS) is 12.3. The molecule has 2 rings (SSSR count). The minimum atomic E-state index is -3.70. The van der Waals surface area contributed by atoms with Gasteiger partial charge in [-0.3, -0.25) is 9.10 Å². The highest BCUT2D eigenvalue weighted by Crippen LogP contribution is 2.26. The van der Waals surface area contributed by atoms with Gasteiger partial charge in [0.05, 0.1) is 19.1 Å². The standard InChI is InChI=1S/C20H25ClN2O4S/c1-5-19(23(28(4,25)26)17-8-6-7-16(21)13-17)20(24)22(2)14-15-9-11-18(27-3)12-10-15/h6-13,19H,5,14H2,1-4H3/t19-/m0/s1. The molecule has 6 nitrogen and oxygen atoms in total. The molecule has 0 N–H and O–H groups in total. The van der Waals surface area contributed by atoms with Gasteiger partial charge < -0.3 is 9.64 Å². The Morgan fingerprint density at radius 1 is 1.18 bits per heavy atom. The van der Waals surface area contributed by atoms with Crippen LogP contribution in [-0.4, -0.2) is 45.7 Å². The monoisotopic (exact) mass is 424 g/mol. The molecule has 0 aromatic heterocycles. The molecule has 0 fully saturated rings. The van der Waals surface area contributed by atoms with Crippen LogP contribution in [0.1, 0.15) is 18.9 Å². The van der Waals surface area contributed by atoms with Crippen molar-refractivity contribution in [3.05, 3.63) is 59.1 Å². The summed E-state index contributed by atoms with van der Waals surface area (Å²) in [5, 5.41) is 0.403. The van der Waals surface area contributed by atoms with E-state index in [2.05, 4.69) is 0 Å². The van der Waals surface area contributed by atoms with Gasteiger partial charge in [-0.15, -0.1) is 0 Å². The van der Waals surface area contributed by atoms with E-state index in [1.165, 1.54) is 4.90 Å². The summed E-state index contributed by atoms with van der Waals surface area (Å²) in [6.07, 6.45) is 1.42. The van der Waals surface area contributed by atoms with E-state index in [0.29, 0.717) is 23.7 Å². The molecule has 2 aromatic carbocycles. The van der Waals surface area contributed by atoms with Gasteiger partial charge in [-0.1, -0.05) is 36.7 Å². The predicted molar refractivity (Wildman–Crippen MR) is 112 cm³/mol. The largest absolute Gasteiger partial charge is 0.497 e. The molecule has 0 saturated carbocycles. The van der Waals surface area contributed by atoms with Crippen molar-refractivity contribution in [2.75, 3.05) is 24.7 Å². The minimum Gasteiger partial charge on any atom is -0.497 e. The number of hydrogen-bond donors (Lipinski definition) is 0. The zero-order valence-electron chi connectivity index (χ0n) is 16.4. The molecule has 0 aliphatic rings. The summed E-state index contributed by atoms with van der Waals surface area (Å²) in [6.45, 7) is 2.14. The summed E-state index contributed by atoms with van der Waals surface area (Å²) in [5.41, 5.74) is 1.29. The van der Waals surface area contributed by atoms with Gasteiger partial charge >= 0.3 is 0 Å². The summed E-state index contributed by atoms with van der Waals surface area (Å²) in [5.74, 6) is 0.442. The van der Waals surface area contributed by atoms with Crippen LogP contribution in [0.3, 0.4) is 0 Å². The summed E-state index contributed by atoms with van der Waals surface area (Å²) in [6, 6.07) is 13.0. The lowest BCUT2D eigenvalue weighted by Gasteiger charge is -2.33. The lowest BCUT2D eigenvalue weighted by Crippen LogP contribution is -2.49. The molecule has 2 aromatic rings. The van der Waals surface area contributed by atoms with Crippen molar-refractivity contribution in [1.29, 1.82) is 0 Å². The number of nitrogens with zero attached hydrogens (tertiary/aromatic N) is 2. The molecule has 0 heterocycles. The second-order valence-electron chi connectivity index (χ2n) is 6.51. The molecular formula is C20H25ClN2O4S. The number of anilines is 1. The van der Waals surface area contributed by atoms with Gasteiger partial charge in [0.25, 0.3) is 0 Å². The van der Waals surface area contributed by atoms with Crippen molar-refractivity contribution in [3.8, 4) is 5.75 Å². The third kappa shape index (κ3) is 5.39. The van der Waals surface area contributed by atoms with Gasteiger partial charge in [0.1, 0.15) is 11.8 Å². The number of carbonyl (C=O) groups excluding carboxylic acids is 1. The maximum absolute atomic E-state index is 13.1. The molecule has 28 heavy (non-hydrogen) atoms. The molecule has 0 unspecified atom stereocenters. The number of ether oxygens (including phenoxy) is 1. The van der Waals surface area contributed by atoms with E-state index in [0.717, 1.165) is 21.9 Å². The lowest BCUT2D eigenvalue weighted by atomic mass is 10.1. The second kappa shape index (κ2) is 9.30. The number of amides is 1. The third-order valence-corrected chi connectivity index (χ3v) is 5.74. The fraction of sp³-hybridized carbons (Fsp3) is 0.350.